The van der Waals surface area contributed by atoms with E-state index in [9.17, 15) is 12.8 Å². The number of halogens is 1. The zero-order valence-electron chi connectivity index (χ0n) is 11.7. The van der Waals surface area contributed by atoms with Crippen molar-refractivity contribution in [3.8, 4) is 0 Å². The standard InChI is InChI=1S/C15H15FN2O2S/c1-10-7-11(9-12(16)8-10)15(17)18-13-3-5-14(6-4-13)21(2,19)20/h3-9H,1-2H3,(H2,17,18). The van der Waals surface area contributed by atoms with E-state index in [1.165, 1.54) is 24.3 Å². The van der Waals surface area contributed by atoms with Gasteiger partial charge in [-0.15, -0.1) is 0 Å². The molecule has 0 bridgehead atoms. The number of nitrogens with zero attached hydrogens (tertiary/aromatic N) is 1. The van der Waals surface area contributed by atoms with E-state index in [4.69, 9.17) is 5.73 Å². The molecule has 0 aliphatic carbocycles. The number of hydrogen-bond donors (Lipinski definition) is 1. The lowest BCUT2D eigenvalue weighted by molar-refractivity contribution is 0.602. The quantitative estimate of drug-likeness (QED) is 0.699. The molecule has 2 aromatic carbocycles. The summed E-state index contributed by atoms with van der Waals surface area (Å²) in [5.41, 5.74) is 7.59. The number of nitrogens with two attached hydrogens (primary N) is 1. The van der Waals surface area contributed by atoms with Crippen molar-refractivity contribution < 1.29 is 12.8 Å². The zero-order valence-corrected chi connectivity index (χ0v) is 12.5. The van der Waals surface area contributed by atoms with Crippen LogP contribution in [0.15, 0.2) is 52.4 Å². The Morgan fingerprint density at radius 2 is 1.76 bits per heavy atom. The summed E-state index contributed by atoms with van der Waals surface area (Å²) in [6.45, 7) is 1.76. The largest absolute Gasteiger partial charge is 0.383 e. The summed E-state index contributed by atoms with van der Waals surface area (Å²) in [6.07, 6.45) is 1.13. The molecule has 0 atom stereocenters. The van der Waals surface area contributed by atoms with Crippen LogP contribution in [0.3, 0.4) is 0 Å². The van der Waals surface area contributed by atoms with E-state index in [-0.39, 0.29) is 16.5 Å². The first kappa shape index (κ1) is 15.2. The van der Waals surface area contributed by atoms with Crippen molar-refractivity contribution in [2.24, 2.45) is 10.7 Å². The molecule has 0 spiro atoms. The van der Waals surface area contributed by atoms with Gasteiger partial charge in [0.1, 0.15) is 11.7 Å². The van der Waals surface area contributed by atoms with E-state index in [1.807, 2.05) is 0 Å². The SMILES string of the molecule is Cc1cc(F)cc(C(N)=Nc2ccc(S(C)(=O)=O)cc2)c1. The molecule has 0 unspecified atom stereocenters. The predicted octanol–water partition coefficient (Wildman–Crippen LogP) is 2.57. The van der Waals surface area contributed by atoms with Crippen molar-refractivity contribution in [3.63, 3.8) is 0 Å². The van der Waals surface area contributed by atoms with E-state index in [2.05, 4.69) is 4.99 Å². The molecule has 0 amide bonds. The van der Waals surface area contributed by atoms with Crippen LogP contribution >= 0.6 is 0 Å². The zero-order chi connectivity index (χ0) is 15.6. The molecule has 6 heteroatoms. The van der Waals surface area contributed by atoms with Crippen LogP contribution in [-0.4, -0.2) is 20.5 Å². The van der Waals surface area contributed by atoms with Crippen LogP contribution in [0.5, 0.6) is 0 Å². The van der Waals surface area contributed by atoms with Gasteiger partial charge in [0.05, 0.1) is 10.6 Å². The van der Waals surface area contributed by atoms with Gasteiger partial charge in [-0.25, -0.2) is 17.8 Å². The topological polar surface area (TPSA) is 72.5 Å². The number of aryl methyl sites for hydroxylation is 1. The maximum atomic E-state index is 13.3. The maximum absolute atomic E-state index is 13.3. The van der Waals surface area contributed by atoms with Crippen molar-refractivity contribution in [3.05, 3.63) is 59.4 Å². The lowest BCUT2D eigenvalue weighted by Gasteiger charge is -2.04. The minimum Gasteiger partial charge on any atom is -0.383 e. The van der Waals surface area contributed by atoms with Gasteiger partial charge in [-0.3, -0.25) is 0 Å². The van der Waals surface area contributed by atoms with Gasteiger partial charge in [-0.1, -0.05) is 0 Å². The van der Waals surface area contributed by atoms with Crippen LogP contribution in [0.4, 0.5) is 10.1 Å². The van der Waals surface area contributed by atoms with Gasteiger partial charge in [-0.2, -0.15) is 0 Å². The molecule has 0 fully saturated rings. The van der Waals surface area contributed by atoms with Crippen molar-refractivity contribution in [1.82, 2.24) is 0 Å². The molecule has 0 aromatic heterocycles. The highest BCUT2D eigenvalue weighted by atomic mass is 32.2. The molecule has 2 rings (SSSR count). The highest BCUT2D eigenvalue weighted by Crippen LogP contribution is 2.17. The summed E-state index contributed by atoms with van der Waals surface area (Å²) in [5, 5.41) is 0. The van der Waals surface area contributed by atoms with Gasteiger partial charge < -0.3 is 5.73 Å². The lowest BCUT2D eigenvalue weighted by Crippen LogP contribution is -2.13. The minimum atomic E-state index is -3.24. The van der Waals surface area contributed by atoms with E-state index in [1.54, 1.807) is 25.1 Å². The summed E-state index contributed by atoms with van der Waals surface area (Å²) >= 11 is 0. The summed E-state index contributed by atoms with van der Waals surface area (Å²) in [5.74, 6) is -0.208. The fourth-order valence-electron chi connectivity index (χ4n) is 1.86. The van der Waals surface area contributed by atoms with Crippen molar-refractivity contribution in [2.75, 3.05) is 6.26 Å². The molecule has 0 heterocycles. The molecule has 2 aromatic rings. The summed E-state index contributed by atoms with van der Waals surface area (Å²) in [6, 6.07) is 10.4. The second-order valence-electron chi connectivity index (χ2n) is 4.78. The molecular formula is C15H15FN2O2S. The van der Waals surface area contributed by atoms with E-state index < -0.39 is 9.84 Å². The Kier molecular flexibility index (Phi) is 4.09. The molecule has 0 aliphatic heterocycles. The third-order valence-corrected chi connectivity index (χ3v) is 3.98. The highest BCUT2D eigenvalue weighted by Gasteiger charge is 2.07. The summed E-state index contributed by atoms with van der Waals surface area (Å²) < 4.78 is 36.1. The molecule has 0 aliphatic rings. The number of sulfone groups is 1. The Balaban J connectivity index is 2.34. The molecule has 4 nitrogen and oxygen atoms in total. The Morgan fingerprint density at radius 3 is 2.29 bits per heavy atom. The summed E-state index contributed by atoms with van der Waals surface area (Å²) in [4.78, 5) is 4.38. The van der Waals surface area contributed by atoms with Crippen LogP contribution in [-0.2, 0) is 9.84 Å². The minimum absolute atomic E-state index is 0.171. The van der Waals surface area contributed by atoms with Gasteiger partial charge in [0, 0.05) is 11.8 Å². The first-order chi connectivity index (χ1) is 9.75. The van der Waals surface area contributed by atoms with E-state index >= 15 is 0 Å². The number of hydrogen-bond acceptors (Lipinski definition) is 3. The Hall–Kier alpha value is -2.21. The van der Waals surface area contributed by atoms with Gasteiger partial charge >= 0.3 is 0 Å². The predicted molar refractivity (Wildman–Crippen MR) is 81.1 cm³/mol. The van der Waals surface area contributed by atoms with Crippen LogP contribution in [0, 0.1) is 12.7 Å². The fourth-order valence-corrected chi connectivity index (χ4v) is 2.49. The Labute approximate surface area is 123 Å². The molecular weight excluding hydrogens is 291 g/mol. The summed E-state index contributed by atoms with van der Waals surface area (Å²) in [7, 11) is -3.24. The van der Waals surface area contributed by atoms with Crippen molar-refractivity contribution in [1.29, 1.82) is 0 Å². The van der Waals surface area contributed by atoms with Gasteiger partial charge in [0.2, 0.25) is 0 Å². The number of benzene rings is 2. The third kappa shape index (κ3) is 3.88. The van der Waals surface area contributed by atoms with Crippen LogP contribution in [0.2, 0.25) is 0 Å². The molecule has 0 saturated heterocycles. The maximum Gasteiger partial charge on any atom is 0.175 e. The van der Waals surface area contributed by atoms with Gasteiger partial charge in [-0.05, 0) is 55.0 Å². The van der Waals surface area contributed by atoms with Crippen molar-refractivity contribution in [2.45, 2.75) is 11.8 Å². The first-order valence-electron chi connectivity index (χ1n) is 6.17. The second kappa shape index (κ2) is 5.65. The number of amidine groups is 1. The first-order valence-corrected chi connectivity index (χ1v) is 8.07. The van der Waals surface area contributed by atoms with Crippen LogP contribution in [0.1, 0.15) is 11.1 Å². The number of aliphatic imine (C=N–C) groups is 1. The Bertz CT molecular complexity index is 777. The monoisotopic (exact) mass is 306 g/mol. The van der Waals surface area contributed by atoms with Crippen LogP contribution in [0.25, 0.3) is 0 Å². The van der Waals surface area contributed by atoms with E-state index in [0.29, 0.717) is 11.3 Å². The molecule has 2 N–H and O–H groups in total. The average molecular weight is 306 g/mol. The molecule has 0 radical (unpaired) electrons. The molecule has 0 saturated carbocycles. The number of rotatable bonds is 3. The smallest absolute Gasteiger partial charge is 0.175 e. The third-order valence-electron chi connectivity index (χ3n) is 2.85. The van der Waals surface area contributed by atoms with E-state index in [0.717, 1.165) is 11.8 Å². The average Bonchev–Trinajstić information content (AvgIpc) is 2.37. The van der Waals surface area contributed by atoms with Gasteiger partial charge in [0.15, 0.2) is 9.84 Å². The molecule has 21 heavy (non-hydrogen) atoms. The lowest BCUT2D eigenvalue weighted by atomic mass is 10.1. The Morgan fingerprint density at radius 1 is 1.14 bits per heavy atom. The van der Waals surface area contributed by atoms with Crippen molar-refractivity contribution >= 4 is 21.4 Å². The van der Waals surface area contributed by atoms with Gasteiger partial charge in [0.25, 0.3) is 0 Å². The highest BCUT2D eigenvalue weighted by molar-refractivity contribution is 7.90. The molecule has 110 valence electrons. The fraction of sp³-hybridized carbons (Fsp3) is 0.133. The normalized spacial score (nSPS) is 12.4. The second-order valence-corrected chi connectivity index (χ2v) is 6.80. The van der Waals surface area contributed by atoms with Crippen LogP contribution < -0.4 is 5.73 Å².